The fraction of sp³-hybridized carbons (Fsp3) is 1.00. The highest BCUT2D eigenvalue weighted by Gasteiger charge is 2.60. The highest BCUT2D eigenvalue weighted by Crippen LogP contribution is 2.68. The van der Waals surface area contributed by atoms with Crippen molar-refractivity contribution in [1.29, 1.82) is 0 Å². The van der Waals surface area contributed by atoms with Crippen LogP contribution in [-0.2, 0) is 0 Å². The first-order chi connectivity index (χ1) is 13.8. The Morgan fingerprint density at radius 2 is 1.52 bits per heavy atom. The van der Waals surface area contributed by atoms with Gasteiger partial charge < -0.3 is 0 Å². The normalized spacial score (nSPS) is 48.1. The van der Waals surface area contributed by atoms with E-state index in [-0.39, 0.29) is 0 Å². The van der Waals surface area contributed by atoms with Crippen LogP contribution in [0, 0.1) is 58.2 Å². The van der Waals surface area contributed by atoms with Gasteiger partial charge in [0, 0.05) is 0 Å². The SMILES string of the molecule is CC[C@H]1CCC2(C)C3CCC4(C)C([C@H](C)CCCC(C)C)CC[C@H]4[C@@H]3CC[C@H]2C1. The molecule has 0 aliphatic heterocycles. The summed E-state index contributed by atoms with van der Waals surface area (Å²) in [6, 6.07) is 0. The fourth-order valence-corrected chi connectivity index (χ4v) is 9.74. The van der Waals surface area contributed by atoms with E-state index < -0.39 is 0 Å². The molecule has 4 rings (SSSR count). The van der Waals surface area contributed by atoms with Crippen LogP contribution in [0.15, 0.2) is 0 Å². The Morgan fingerprint density at radius 1 is 0.793 bits per heavy atom. The maximum absolute atomic E-state index is 2.76. The number of rotatable bonds is 6. The summed E-state index contributed by atoms with van der Waals surface area (Å²) in [4.78, 5) is 0. The van der Waals surface area contributed by atoms with Gasteiger partial charge in [-0.3, -0.25) is 0 Å². The lowest BCUT2D eigenvalue weighted by Gasteiger charge is -2.61. The number of fused-ring (bicyclic) bond motifs is 5. The minimum Gasteiger partial charge on any atom is -0.0651 e. The van der Waals surface area contributed by atoms with E-state index in [0.717, 1.165) is 47.3 Å². The van der Waals surface area contributed by atoms with Crippen molar-refractivity contribution in [3.8, 4) is 0 Å². The standard InChI is InChI=1S/C29H52/c1-7-22-15-17-28(5)23(19-22)11-12-24-26-14-13-25(21(4)10-8-9-20(2)3)29(26,6)18-16-27(24)28/h20-27H,7-19H2,1-6H3/t21-,22+,23+,24+,25?,26+,27?,28?,29?/m1/s1. The molecule has 0 heterocycles. The molecule has 0 aromatic carbocycles. The van der Waals surface area contributed by atoms with Crippen molar-refractivity contribution >= 4 is 0 Å². The van der Waals surface area contributed by atoms with Crippen molar-refractivity contribution in [2.75, 3.05) is 0 Å². The Bertz CT molecular complexity index is 548. The molecule has 4 fully saturated rings. The summed E-state index contributed by atoms with van der Waals surface area (Å²) < 4.78 is 0. The van der Waals surface area contributed by atoms with Crippen molar-refractivity contribution in [1.82, 2.24) is 0 Å². The maximum atomic E-state index is 2.76. The van der Waals surface area contributed by atoms with Gasteiger partial charge in [0.1, 0.15) is 0 Å². The Balaban J connectivity index is 1.45. The smallest absolute Gasteiger partial charge is 0.0264 e. The van der Waals surface area contributed by atoms with E-state index in [9.17, 15) is 0 Å². The third-order valence-corrected chi connectivity index (χ3v) is 11.6. The average Bonchev–Trinajstić information content (AvgIpc) is 3.04. The molecule has 4 aliphatic carbocycles. The van der Waals surface area contributed by atoms with E-state index >= 15 is 0 Å². The lowest BCUT2D eigenvalue weighted by molar-refractivity contribution is -0.121. The van der Waals surface area contributed by atoms with Crippen LogP contribution in [0.1, 0.15) is 125 Å². The lowest BCUT2D eigenvalue weighted by Crippen LogP contribution is -2.53. The van der Waals surface area contributed by atoms with Crippen molar-refractivity contribution < 1.29 is 0 Å². The molecule has 0 saturated heterocycles. The molecule has 0 radical (unpaired) electrons. The third kappa shape index (κ3) is 3.86. The van der Waals surface area contributed by atoms with Gasteiger partial charge in [0.25, 0.3) is 0 Å². The summed E-state index contributed by atoms with van der Waals surface area (Å²) in [5.74, 6) is 8.13. The summed E-state index contributed by atoms with van der Waals surface area (Å²) >= 11 is 0. The second-order valence-corrected chi connectivity index (χ2v) is 13.2. The van der Waals surface area contributed by atoms with Crippen LogP contribution < -0.4 is 0 Å². The minimum absolute atomic E-state index is 0.669. The van der Waals surface area contributed by atoms with E-state index in [0.29, 0.717) is 10.8 Å². The molecule has 0 bridgehead atoms. The predicted molar refractivity (Wildman–Crippen MR) is 127 cm³/mol. The maximum Gasteiger partial charge on any atom is -0.0264 e. The van der Waals surface area contributed by atoms with E-state index in [1.54, 1.807) is 51.4 Å². The molecule has 168 valence electrons. The predicted octanol–water partition coefficient (Wildman–Crippen LogP) is 9.13. The van der Waals surface area contributed by atoms with E-state index in [1.807, 2.05) is 0 Å². The molecule has 0 N–H and O–H groups in total. The van der Waals surface area contributed by atoms with Gasteiger partial charge in [-0.2, -0.15) is 0 Å². The van der Waals surface area contributed by atoms with Gasteiger partial charge in [-0.25, -0.2) is 0 Å². The van der Waals surface area contributed by atoms with Crippen LogP contribution in [-0.4, -0.2) is 0 Å². The van der Waals surface area contributed by atoms with E-state index in [4.69, 9.17) is 0 Å². The Morgan fingerprint density at radius 3 is 2.24 bits per heavy atom. The number of hydrogen-bond donors (Lipinski definition) is 0. The quantitative estimate of drug-likeness (QED) is 0.417. The molecule has 4 unspecified atom stereocenters. The molecule has 0 aromatic heterocycles. The van der Waals surface area contributed by atoms with Gasteiger partial charge in [-0.05, 0) is 116 Å². The molecule has 4 saturated carbocycles. The topological polar surface area (TPSA) is 0 Å². The van der Waals surface area contributed by atoms with Gasteiger partial charge in [-0.15, -0.1) is 0 Å². The first-order valence-corrected chi connectivity index (χ1v) is 13.8. The largest absolute Gasteiger partial charge is 0.0651 e. The van der Waals surface area contributed by atoms with E-state index in [1.165, 1.54) is 32.1 Å². The highest BCUT2D eigenvalue weighted by atomic mass is 14.6. The third-order valence-electron chi connectivity index (χ3n) is 11.6. The zero-order valence-corrected chi connectivity index (χ0v) is 20.8. The van der Waals surface area contributed by atoms with Crippen molar-refractivity contribution in [3.05, 3.63) is 0 Å². The molecule has 0 nitrogen and oxygen atoms in total. The summed E-state index contributed by atoms with van der Waals surface area (Å²) in [5.41, 5.74) is 1.36. The zero-order valence-electron chi connectivity index (χ0n) is 20.8. The Labute approximate surface area is 183 Å². The van der Waals surface area contributed by atoms with Crippen LogP contribution in [0.4, 0.5) is 0 Å². The second kappa shape index (κ2) is 8.50. The molecule has 0 aromatic rings. The Kier molecular flexibility index (Phi) is 6.51. The first kappa shape index (κ1) is 22.2. The molecule has 29 heavy (non-hydrogen) atoms. The first-order valence-electron chi connectivity index (χ1n) is 13.8. The Hall–Kier alpha value is 0. The van der Waals surface area contributed by atoms with Crippen LogP contribution >= 0.6 is 0 Å². The van der Waals surface area contributed by atoms with Gasteiger partial charge in [0.2, 0.25) is 0 Å². The van der Waals surface area contributed by atoms with Gasteiger partial charge in [0.15, 0.2) is 0 Å². The van der Waals surface area contributed by atoms with Crippen LogP contribution in [0.2, 0.25) is 0 Å². The lowest BCUT2D eigenvalue weighted by atomic mass is 9.44. The molecule has 4 aliphatic rings. The van der Waals surface area contributed by atoms with Crippen molar-refractivity contribution in [2.45, 2.75) is 125 Å². The van der Waals surface area contributed by atoms with Crippen molar-refractivity contribution in [2.24, 2.45) is 58.2 Å². The van der Waals surface area contributed by atoms with Gasteiger partial charge in [-0.1, -0.05) is 67.2 Å². The summed E-state index contributed by atoms with van der Waals surface area (Å²) in [6.07, 6.45) is 19.8. The van der Waals surface area contributed by atoms with Gasteiger partial charge in [0.05, 0.1) is 0 Å². The monoisotopic (exact) mass is 400 g/mol. The van der Waals surface area contributed by atoms with Crippen LogP contribution in [0.25, 0.3) is 0 Å². The molecule has 0 heteroatoms. The van der Waals surface area contributed by atoms with Crippen molar-refractivity contribution in [3.63, 3.8) is 0 Å². The molecule has 0 spiro atoms. The fourth-order valence-electron chi connectivity index (χ4n) is 9.74. The molecule has 9 atom stereocenters. The van der Waals surface area contributed by atoms with Crippen LogP contribution in [0.3, 0.4) is 0 Å². The highest BCUT2D eigenvalue weighted by molar-refractivity contribution is 5.09. The summed E-state index contributed by atoms with van der Waals surface area (Å²) in [7, 11) is 0. The number of hydrogen-bond acceptors (Lipinski definition) is 0. The van der Waals surface area contributed by atoms with Gasteiger partial charge >= 0.3 is 0 Å². The molecular formula is C29H52. The minimum atomic E-state index is 0.669. The summed E-state index contributed by atoms with van der Waals surface area (Å²) in [5, 5.41) is 0. The van der Waals surface area contributed by atoms with E-state index in [2.05, 4.69) is 41.5 Å². The van der Waals surface area contributed by atoms with Crippen LogP contribution in [0.5, 0.6) is 0 Å². The zero-order chi connectivity index (χ0) is 20.8. The molecule has 0 amide bonds. The average molecular weight is 401 g/mol. The second-order valence-electron chi connectivity index (χ2n) is 13.2. The molecular weight excluding hydrogens is 348 g/mol. The summed E-state index contributed by atoms with van der Waals surface area (Å²) in [6.45, 7) is 15.4.